The first-order chi connectivity index (χ1) is 34.4. The molecule has 74 heavy (non-hydrogen) atoms. The molecule has 0 amide bonds. The lowest BCUT2D eigenvalue weighted by Crippen LogP contribution is -2.08. The number of hydrogen-bond acceptors (Lipinski definition) is 23. The smallest absolute Gasteiger partial charge is 0.296 e. The predicted octanol–water partition coefficient (Wildman–Crippen LogP) is 8.20. The fraction of sp³-hybridized carbons (Fsp3) is 0.146. The van der Waals surface area contributed by atoms with Gasteiger partial charge in [0.25, 0.3) is 40.5 Å². The van der Waals surface area contributed by atoms with E-state index in [1.54, 1.807) is 24.3 Å². The Kier molecular flexibility index (Phi) is 13.6. The summed E-state index contributed by atoms with van der Waals surface area (Å²) in [5.41, 5.74) is -1.55. The van der Waals surface area contributed by atoms with Crippen LogP contribution in [0, 0.1) is 25.2 Å². The van der Waals surface area contributed by atoms with E-state index in [1.807, 2.05) is 6.07 Å². The molecule has 27 nitrogen and oxygen atoms in total. The van der Waals surface area contributed by atoms with E-state index in [0.717, 1.165) is 24.5 Å². The molecule has 0 saturated carbocycles. The first-order valence-electron chi connectivity index (χ1n) is 20.4. The van der Waals surface area contributed by atoms with Crippen LogP contribution in [0.15, 0.2) is 117 Å². The number of thiazole rings is 1. The van der Waals surface area contributed by atoms with Crippen LogP contribution in [-0.4, -0.2) is 103 Å². The minimum Gasteiger partial charge on any atom is -0.505 e. The predicted molar refractivity (Wildman–Crippen MR) is 262 cm³/mol. The van der Waals surface area contributed by atoms with Crippen LogP contribution in [0.1, 0.15) is 23.1 Å². The Bertz CT molecular complexity index is 4480. The van der Waals surface area contributed by atoms with Gasteiger partial charge in [-0.15, -0.1) is 30.7 Å². The van der Waals surface area contributed by atoms with Crippen molar-refractivity contribution >= 4 is 133 Å². The minimum atomic E-state index is -5.37. The number of benzene rings is 5. The maximum absolute atomic E-state index is 12.8. The molecule has 0 saturated heterocycles. The third-order valence-electron chi connectivity index (χ3n) is 10.7. The Hall–Kier alpha value is -7.52. The molecule has 3 heterocycles. The zero-order valence-corrected chi connectivity index (χ0v) is 42.5. The van der Waals surface area contributed by atoms with Gasteiger partial charge in [0.1, 0.15) is 54.6 Å². The van der Waals surface area contributed by atoms with Crippen LogP contribution in [-0.2, 0) is 50.3 Å². The van der Waals surface area contributed by atoms with Crippen molar-refractivity contribution in [3.05, 3.63) is 83.4 Å². The summed E-state index contributed by atoms with van der Waals surface area (Å²) in [7, 11) is -24.0. The van der Waals surface area contributed by atoms with E-state index in [9.17, 15) is 75.8 Å². The lowest BCUT2D eigenvalue weighted by Gasteiger charge is -2.13. The normalized spacial score (nSPS) is 13.2. The molecular weight excluding hydrogens is 1100 g/mol. The molecule has 0 fully saturated rings. The molecule has 5 aromatic carbocycles. The second kappa shape index (κ2) is 19.1. The molecular formula is C41H32N10O17S6. The Morgan fingerprint density at radius 2 is 1.35 bits per heavy atom. The second-order valence-electron chi connectivity index (χ2n) is 15.8. The van der Waals surface area contributed by atoms with E-state index in [0.29, 0.717) is 34.5 Å². The molecule has 0 aliphatic carbocycles. The summed E-state index contributed by atoms with van der Waals surface area (Å²) < 4.78 is 170. The lowest BCUT2D eigenvalue weighted by molar-refractivity contribution is 0.317. The second-order valence-corrected chi connectivity index (χ2v) is 24.6. The number of aromatic nitrogens is 3. The van der Waals surface area contributed by atoms with Gasteiger partial charge < -0.3 is 14.9 Å². The number of rotatable bonds is 15. The van der Waals surface area contributed by atoms with Crippen molar-refractivity contribution in [3.63, 3.8) is 0 Å². The van der Waals surface area contributed by atoms with Crippen molar-refractivity contribution in [1.29, 1.82) is 5.26 Å². The topological polar surface area (TPSA) is 429 Å². The molecule has 0 aliphatic heterocycles. The highest BCUT2D eigenvalue weighted by Gasteiger charge is 2.28. The third kappa shape index (κ3) is 10.6. The number of hydrogen-bond donors (Lipinski definition) is 6. The number of imidazole rings is 1. The Morgan fingerprint density at radius 3 is 2.00 bits per heavy atom. The molecule has 0 atom stereocenters. The molecule has 8 aromatic rings. The van der Waals surface area contributed by atoms with Crippen LogP contribution < -0.4 is 4.74 Å². The highest BCUT2D eigenvalue weighted by Crippen LogP contribution is 2.46. The summed E-state index contributed by atoms with van der Waals surface area (Å²) in [6.45, 7) is 2.44. The lowest BCUT2D eigenvalue weighted by atomic mass is 10.1. The number of sulfone groups is 1. The molecule has 0 radical (unpaired) electrons. The Morgan fingerprint density at radius 1 is 0.716 bits per heavy atom. The van der Waals surface area contributed by atoms with Gasteiger partial charge in [0.15, 0.2) is 26.9 Å². The first kappa shape index (κ1) is 52.8. The van der Waals surface area contributed by atoms with Gasteiger partial charge in [-0.1, -0.05) is 23.5 Å². The number of phenols is 1. The Balaban J connectivity index is 1.24. The number of aryl methyl sites for hydroxylation is 1. The van der Waals surface area contributed by atoms with E-state index in [4.69, 9.17) is 4.74 Å². The minimum absolute atomic E-state index is 0.00582. The van der Waals surface area contributed by atoms with Gasteiger partial charge in [-0.2, -0.15) is 38.9 Å². The van der Waals surface area contributed by atoms with Gasteiger partial charge in [-0.05, 0) is 79.7 Å². The molecule has 8 rings (SSSR count). The SMILES string of the molecule is Cc1cc(N=Nc2c(S(=O)(=O)O)cc3cc(S(=O)(=O)O)c(N=Nc4c(C)c(C#N)c5nc6ccccc6n5c4O)cc3c2O)c(OCCCS(=O)(=O)O)cc1N=Nc1nc2c(S(=O)(=O)O)cc(S(C)(=O)=O)cc2s1. The zero-order valence-electron chi connectivity index (χ0n) is 37.6. The summed E-state index contributed by atoms with van der Waals surface area (Å²) in [6, 6.07) is 15.0. The van der Waals surface area contributed by atoms with Crippen molar-refractivity contribution < 1.29 is 75.2 Å². The maximum atomic E-state index is 12.8. The summed E-state index contributed by atoms with van der Waals surface area (Å²) in [5, 5.41) is 56.1. The van der Waals surface area contributed by atoms with Gasteiger partial charge in [-0.25, -0.2) is 18.4 Å². The fourth-order valence-corrected chi connectivity index (χ4v) is 11.5. The van der Waals surface area contributed by atoms with E-state index in [2.05, 4.69) is 40.7 Å². The zero-order chi connectivity index (χ0) is 54.0. The third-order valence-corrected chi connectivity index (χ3v) is 16.1. The number of nitrogens with zero attached hydrogens (tertiary/aromatic N) is 10. The molecule has 6 N–H and O–H groups in total. The average Bonchev–Trinajstić information content (AvgIpc) is 3.90. The van der Waals surface area contributed by atoms with Crippen molar-refractivity contribution in [2.24, 2.45) is 30.7 Å². The molecule has 33 heteroatoms. The number of fused-ring (bicyclic) bond motifs is 5. The van der Waals surface area contributed by atoms with Crippen LogP contribution in [0.3, 0.4) is 0 Å². The standard InChI is InChI=1S/C41H32N10O17S6/c1-19-11-27(30(68-9-6-10-71(56,57)58)17-26(19)45-50-41-44-36-31(69-41)14-22(70(3,54)55)15-34(36)74(65,66)67)46-49-37-33(73(62,63)64)13-21-12-32(72(59,60)61)28(16-23(21)38(37)52)47-48-35-20(2)24(18-42)39-43-25-7-4-5-8-29(25)51(39)40(35)53/h4-5,7-8,11-17,52-53H,6,9-10H2,1-3H3,(H,56,57,58)(H,59,60,61)(H,62,63,64)(H,65,66,67). The van der Waals surface area contributed by atoms with E-state index in [1.165, 1.54) is 30.4 Å². The summed E-state index contributed by atoms with van der Waals surface area (Å²) in [4.78, 5) is 5.10. The first-order valence-corrected chi connectivity index (χ1v) is 29.0. The molecule has 0 bridgehead atoms. The van der Waals surface area contributed by atoms with Crippen LogP contribution in [0.4, 0.5) is 33.6 Å². The van der Waals surface area contributed by atoms with E-state index in [-0.39, 0.29) is 66.9 Å². The number of aromatic hydroxyl groups is 2. The van der Waals surface area contributed by atoms with Crippen LogP contribution >= 0.6 is 11.3 Å². The van der Waals surface area contributed by atoms with Crippen molar-refractivity contribution in [3.8, 4) is 23.4 Å². The average molecular weight is 1130 g/mol. The van der Waals surface area contributed by atoms with Crippen molar-refractivity contribution in [2.45, 2.75) is 39.9 Å². The maximum Gasteiger partial charge on any atom is 0.296 e. The fourth-order valence-electron chi connectivity index (χ4n) is 7.27. The number of nitriles is 1. The van der Waals surface area contributed by atoms with Gasteiger partial charge >= 0.3 is 0 Å². The van der Waals surface area contributed by atoms with Gasteiger partial charge in [0.2, 0.25) is 11.0 Å². The number of ether oxygens (including phenoxy) is 1. The largest absolute Gasteiger partial charge is 0.505 e. The number of phenolic OH excluding ortho intramolecular Hbond substituents is 1. The van der Waals surface area contributed by atoms with Crippen molar-refractivity contribution in [1.82, 2.24) is 14.4 Å². The highest BCUT2D eigenvalue weighted by atomic mass is 32.2. The monoisotopic (exact) mass is 1130 g/mol. The summed E-state index contributed by atoms with van der Waals surface area (Å²) in [5.74, 6) is -2.66. The molecule has 0 aliphatic rings. The number of para-hydroxylation sites is 2. The van der Waals surface area contributed by atoms with E-state index >= 15 is 0 Å². The van der Waals surface area contributed by atoms with E-state index < -0.39 is 116 Å². The van der Waals surface area contributed by atoms with Crippen molar-refractivity contribution in [2.75, 3.05) is 18.6 Å². The van der Waals surface area contributed by atoms with Gasteiger partial charge in [0, 0.05) is 23.3 Å². The Labute approximate surface area is 421 Å². The molecule has 0 unspecified atom stereocenters. The highest BCUT2D eigenvalue weighted by molar-refractivity contribution is 7.91. The molecule has 0 spiro atoms. The van der Waals surface area contributed by atoms with Crippen LogP contribution in [0.2, 0.25) is 0 Å². The van der Waals surface area contributed by atoms with Gasteiger partial charge in [0.05, 0.1) is 38.7 Å². The van der Waals surface area contributed by atoms with Gasteiger partial charge in [-0.3, -0.25) is 22.6 Å². The number of pyridine rings is 1. The summed E-state index contributed by atoms with van der Waals surface area (Å²) >= 11 is 0.701. The van der Waals surface area contributed by atoms with Crippen LogP contribution in [0.25, 0.3) is 37.7 Å². The quantitative estimate of drug-likeness (QED) is 0.0320. The molecule has 384 valence electrons. The van der Waals surface area contributed by atoms with Crippen LogP contribution in [0.5, 0.6) is 17.4 Å². The summed E-state index contributed by atoms with van der Waals surface area (Å²) in [6.07, 6.45) is 0.523. The molecule has 3 aromatic heterocycles. The number of azo groups is 3.